The minimum absolute atomic E-state index is 0.0367. The standard InChI is InChI=1S/C15H23N5O2/c1-4-5-6-12(7-16)18-14(21)13-10(2)22-15(19-13)11-8-17-20(3)9-11/h8-9,12H,4-7,16H2,1-3H3,(H,18,21). The first-order valence-electron chi connectivity index (χ1n) is 7.52. The summed E-state index contributed by atoms with van der Waals surface area (Å²) in [6.45, 7) is 4.25. The molecule has 0 aromatic carbocycles. The Balaban J connectivity index is 2.11. The summed E-state index contributed by atoms with van der Waals surface area (Å²) in [7, 11) is 1.81. The van der Waals surface area contributed by atoms with Crippen molar-refractivity contribution in [1.82, 2.24) is 20.1 Å². The molecule has 22 heavy (non-hydrogen) atoms. The Hall–Kier alpha value is -2.15. The van der Waals surface area contributed by atoms with E-state index in [2.05, 4.69) is 22.3 Å². The van der Waals surface area contributed by atoms with Crippen molar-refractivity contribution in [1.29, 1.82) is 0 Å². The summed E-state index contributed by atoms with van der Waals surface area (Å²) in [5.41, 5.74) is 6.75. The van der Waals surface area contributed by atoms with Crippen molar-refractivity contribution < 1.29 is 9.21 Å². The van der Waals surface area contributed by atoms with Crippen LogP contribution in [0.1, 0.15) is 42.4 Å². The van der Waals surface area contributed by atoms with Crippen molar-refractivity contribution in [3.63, 3.8) is 0 Å². The Morgan fingerprint density at radius 3 is 2.91 bits per heavy atom. The number of unbranched alkanes of at least 4 members (excludes halogenated alkanes) is 1. The van der Waals surface area contributed by atoms with Crippen LogP contribution in [0.25, 0.3) is 11.5 Å². The van der Waals surface area contributed by atoms with Crippen LogP contribution in [0, 0.1) is 6.92 Å². The lowest BCUT2D eigenvalue weighted by Gasteiger charge is -2.15. The number of oxazole rings is 1. The molecule has 0 fully saturated rings. The number of nitrogens with two attached hydrogens (primary N) is 1. The summed E-state index contributed by atoms with van der Waals surface area (Å²) < 4.78 is 7.23. The molecule has 3 N–H and O–H groups in total. The van der Waals surface area contributed by atoms with Gasteiger partial charge in [-0.3, -0.25) is 9.48 Å². The van der Waals surface area contributed by atoms with Crippen LogP contribution in [-0.2, 0) is 7.05 Å². The zero-order valence-corrected chi connectivity index (χ0v) is 13.3. The number of hydrogen-bond donors (Lipinski definition) is 2. The van der Waals surface area contributed by atoms with E-state index in [-0.39, 0.29) is 11.9 Å². The fraction of sp³-hybridized carbons (Fsp3) is 0.533. The van der Waals surface area contributed by atoms with Crippen LogP contribution in [-0.4, -0.2) is 33.3 Å². The van der Waals surface area contributed by atoms with E-state index in [4.69, 9.17) is 10.2 Å². The average molecular weight is 305 g/mol. The molecule has 1 amide bonds. The van der Waals surface area contributed by atoms with Gasteiger partial charge in [-0.05, 0) is 13.3 Å². The maximum absolute atomic E-state index is 12.3. The first-order valence-corrected chi connectivity index (χ1v) is 7.52. The minimum Gasteiger partial charge on any atom is -0.440 e. The zero-order chi connectivity index (χ0) is 16.1. The third kappa shape index (κ3) is 3.73. The van der Waals surface area contributed by atoms with E-state index < -0.39 is 0 Å². The summed E-state index contributed by atoms with van der Waals surface area (Å²) in [5, 5.41) is 6.99. The molecule has 0 aliphatic carbocycles. The molecule has 0 bridgehead atoms. The van der Waals surface area contributed by atoms with Crippen LogP contribution in [0.2, 0.25) is 0 Å². The van der Waals surface area contributed by atoms with Crippen LogP contribution in [0.4, 0.5) is 0 Å². The Kier molecular flexibility index (Phi) is 5.32. The molecule has 2 rings (SSSR count). The normalized spacial score (nSPS) is 12.4. The molecule has 1 atom stereocenters. The van der Waals surface area contributed by atoms with Gasteiger partial charge in [0.05, 0.1) is 11.8 Å². The Bertz CT molecular complexity index is 632. The molecular formula is C15H23N5O2. The van der Waals surface area contributed by atoms with Gasteiger partial charge in [-0.15, -0.1) is 0 Å². The first kappa shape index (κ1) is 16.2. The van der Waals surface area contributed by atoms with Gasteiger partial charge in [-0.1, -0.05) is 19.8 Å². The number of carbonyl (C=O) groups excluding carboxylic acids is 1. The first-order chi connectivity index (χ1) is 10.5. The van der Waals surface area contributed by atoms with Crippen molar-refractivity contribution in [2.45, 2.75) is 39.2 Å². The second kappa shape index (κ2) is 7.22. The Morgan fingerprint density at radius 2 is 2.32 bits per heavy atom. The van der Waals surface area contributed by atoms with Crippen molar-refractivity contribution >= 4 is 5.91 Å². The predicted octanol–water partition coefficient (Wildman–Crippen LogP) is 1.63. The fourth-order valence-electron chi connectivity index (χ4n) is 2.22. The number of nitrogens with one attached hydrogen (secondary N) is 1. The van der Waals surface area contributed by atoms with Crippen LogP contribution in [0.15, 0.2) is 16.8 Å². The highest BCUT2D eigenvalue weighted by Gasteiger charge is 2.20. The van der Waals surface area contributed by atoms with Gasteiger partial charge >= 0.3 is 0 Å². The largest absolute Gasteiger partial charge is 0.440 e. The van der Waals surface area contributed by atoms with Gasteiger partial charge in [-0.25, -0.2) is 4.98 Å². The van der Waals surface area contributed by atoms with Crippen molar-refractivity contribution in [2.24, 2.45) is 12.8 Å². The molecule has 7 heteroatoms. The Labute approximate surface area is 129 Å². The van der Waals surface area contributed by atoms with Crippen LogP contribution >= 0.6 is 0 Å². The third-order valence-electron chi connectivity index (χ3n) is 3.49. The minimum atomic E-state index is -0.247. The van der Waals surface area contributed by atoms with Gasteiger partial charge in [0, 0.05) is 25.8 Å². The number of aromatic nitrogens is 3. The van der Waals surface area contributed by atoms with Crippen LogP contribution in [0.3, 0.4) is 0 Å². The topological polar surface area (TPSA) is 99.0 Å². The van der Waals surface area contributed by atoms with E-state index in [1.165, 1.54) is 0 Å². The lowest BCUT2D eigenvalue weighted by atomic mass is 10.1. The van der Waals surface area contributed by atoms with Gasteiger partial charge < -0.3 is 15.5 Å². The van der Waals surface area contributed by atoms with Crippen molar-refractivity contribution in [3.05, 3.63) is 23.8 Å². The van der Waals surface area contributed by atoms with E-state index in [1.54, 1.807) is 24.0 Å². The second-order valence-electron chi connectivity index (χ2n) is 5.37. The highest BCUT2D eigenvalue weighted by atomic mass is 16.4. The molecule has 0 aliphatic rings. The van der Waals surface area contributed by atoms with Crippen LogP contribution < -0.4 is 11.1 Å². The fourth-order valence-corrected chi connectivity index (χ4v) is 2.22. The Morgan fingerprint density at radius 1 is 1.55 bits per heavy atom. The summed E-state index contributed by atoms with van der Waals surface area (Å²) >= 11 is 0. The molecule has 1 unspecified atom stereocenters. The number of amides is 1. The van der Waals surface area contributed by atoms with Crippen molar-refractivity contribution in [3.8, 4) is 11.5 Å². The number of rotatable bonds is 7. The molecule has 0 spiro atoms. The van der Waals surface area contributed by atoms with E-state index in [0.717, 1.165) is 24.8 Å². The molecule has 0 radical (unpaired) electrons. The molecule has 2 aromatic heterocycles. The highest BCUT2D eigenvalue weighted by Crippen LogP contribution is 2.21. The molecule has 120 valence electrons. The predicted molar refractivity (Wildman–Crippen MR) is 83.3 cm³/mol. The van der Waals surface area contributed by atoms with E-state index >= 15 is 0 Å². The van der Waals surface area contributed by atoms with E-state index in [0.29, 0.717) is 23.9 Å². The maximum Gasteiger partial charge on any atom is 0.273 e. The third-order valence-corrected chi connectivity index (χ3v) is 3.49. The summed E-state index contributed by atoms with van der Waals surface area (Å²) in [6.07, 6.45) is 6.40. The zero-order valence-electron chi connectivity index (χ0n) is 13.3. The quantitative estimate of drug-likeness (QED) is 0.810. The van der Waals surface area contributed by atoms with E-state index in [9.17, 15) is 4.79 Å². The maximum atomic E-state index is 12.3. The smallest absolute Gasteiger partial charge is 0.273 e. The summed E-state index contributed by atoms with van der Waals surface area (Å²) in [5.74, 6) is 0.638. The SMILES string of the molecule is CCCCC(CN)NC(=O)c1nc(-c2cnn(C)c2)oc1C. The van der Waals surface area contributed by atoms with Gasteiger partial charge in [0.25, 0.3) is 5.91 Å². The second-order valence-corrected chi connectivity index (χ2v) is 5.37. The lowest BCUT2D eigenvalue weighted by Crippen LogP contribution is -2.40. The molecule has 7 nitrogen and oxygen atoms in total. The number of aryl methyl sites for hydroxylation is 2. The molecule has 0 saturated heterocycles. The molecule has 0 aliphatic heterocycles. The van der Waals surface area contributed by atoms with Gasteiger partial charge in [0.2, 0.25) is 5.89 Å². The van der Waals surface area contributed by atoms with Crippen molar-refractivity contribution in [2.75, 3.05) is 6.54 Å². The summed E-state index contributed by atoms with van der Waals surface area (Å²) in [6, 6.07) is -0.0367. The van der Waals surface area contributed by atoms with Gasteiger partial charge in [-0.2, -0.15) is 5.10 Å². The number of nitrogens with zero attached hydrogens (tertiary/aromatic N) is 3. The lowest BCUT2D eigenvalue weighted by molar-refractivity contribution is 0.0930. The average Bonchev–Trinajstić information content (AvgIpc) is 3.09. The summed E-state index contributed by atoms with van der Waals surface area (Å²) in [4.78, 5) is 16.6. The highest BCUT2D eigenvalue weighted by molar-refractivity contribution is 5.93. The van der Waals surface area contributed by atoms with E-state index in [1.807, 2.05) is 7.05 Å². The number of hydrogen-bond acceptors (Lipinski definition) is 5. The molecule has 2 heterocycles. The molecule has 0 saturated carbocycles. The number of carbonyl (C=O) groups is 1. The molecular weight excluding hydrogens is 282 g/mol. The van der Waals surface area contributed by atoms with Gasteiger partial charge in [0.1, 0.15) is 5.76 Å². The van der Waals surface area contributed by atoms with Crippen LogP contribution in [0.5, 0.6) is 0 Å². The van der Waals surface area contributed by atoms with Gasteiger partial charge in [0.15, 0.2) is 5.69 Å². The molecule has 2 aromatic rings. The monoisotopic (exact) mass is 305 g/mol.